The smallest absolute Gasteiger partial charge is 0.277 e. The number of aryl methyl sites for hydroxylation is 1. The molecule has 0 aliphatic heterocycles. The molecule has 1 aromatic carbocycles. The van der Waals surface area contributed by atoms with Gasteiger partial charge in [-0.1, -0.05) is 6.07 Å². The van der Waals surface area contributed by atoms with E-state index in [0.29, 0.717) is 39.1 Å². The first-order chi connectivity index (χ1) is 12.9. The fourth-order valence-corrected chi connectivity index (χ4v) is 3.38. The number of rotatable bonds is 3. The second-order valence-electron chi connectivity index (χ2n) is 6.01. The maximum absolute atomic E-state index is 13.4. The van der Waals surface area contributed by atoms with Crippen LogP contribution in [0.3, 0.4) is 0 Å². The molecule has 0 bridgehead atoms. The molecular formula is C18H12BrF2N5O. The van der Waals surface area contributed by atoms with Crippen molar-refractivity contribution in [2.24, 2.45) is 7.05 Å². The van der Waals surface area contributed by atoms with Crippen LogP contribution in [0.1, 0.15) is 11.4 Å². The first-order valence-corrected chi connectivity index (χ1v) is 8.73. The Kier molecular flexibility index (Phi) is 4.31. The Morgan fingerprint density at radius 3 is 2.59 bits per heavy atom. The van der Waals surface area contributed by atoms with Crippen molar-refractivity contribution in [3.63, 3.8) is 0 Å². The molecule has 1 N–H and O–H groups in total. The molecule has 0 aliphatic carbocycles. The maximum atomic E-state index is 13.4. The number of halogens is 3. The number of nitrogens with zero attached hydrogens (tertiary/aromatic N) is 4. The summed E-state index contributed by atoms with van der Waals surface area (Å²) in [6.45, 7) is 0. The normalized spacial score (nSPS) is 11.3. The van der Waals surface area contributed by atoms with Gasteiger partial charge in [0.15, 0.2) is 10.1 Å². The molecule has 0 spiro atoms. The molecule has 0 saturated heterocycles. The van der Waals surface area contributed by atoms with E-state index in [1.165, 1.54) is 16.8 Å². The predicted octanol–water partition coefficient (Wildman–Crippen LogP) is 3.35. The van der Waals surface area contributed by atoms with Crippen molar-refractivity contribution >= 4 is 27.0 Å². The van der Waals surface area contributed by atoms with Crippen LogP contribution in [0.4, 0.5) is 8.78 Å². The van der Waals surface area contributed by atoms with Crippen molar-refractivity contribution in [3.05, 3.63) is 74.5 Å². The van der Waals surface area contributed by atoms with Gasteiger partial charge in [-0.3, -0.25) is 14.5 Å². The van der Waals surface area contributed by atoms with E-state index in [4.69, 9.17) is 0 Å². The Labute approximate surface area is 160 Å². The Bertz CT molecular complexity index is 1200. The lowest BCUT2D eigenvalue weighted by molar-refractivity contribution is 0.584. The Hall–Kier alpha value is -2.94. The number of H-pyrrole nitrogens is 1. The van der Waals surface area contributed by atoms with Crippen LogP contribution >= 0.6 is 15.9 Å². The second kappa shape index (κ2) is 6.66. The minimum Gasteiger partial charge on any atom is -0.308 e. The third-order valence-electron chi connectivity index (χ3n) is 4.06. The van der Waals surface area contributed by atoms with Gasteiger partial charge in [0.2, 0.25) is 0 Å². The van der Waals surface area contributed by atoms with E-state index in [1.54, 1.807) is 25.4 Å². The van der Waals surface area contributed by atoms with Gasteiger partial charge >= 0.3 is 0 Å². The highest BCUT2D eigenvalue weighted by atomic mass is 79.9. The van der Waals surface area contributed by atoms with Crippen molar-refractivity contribution in [3.8, 4) is 11.3 Å². The van der Waals surface area contributed by atoms with Crippen molar-refractivity contribution in [2.45, 2.75) is 6.42 Å². The van der Waals surface area contributed by atoms with Crippen LogP contribution in [0.5, 0.6) is 0 Å². The first kappa shape index (κ1) is 17.5. The molecule has 0 amide bonds. The number of benzene rings is 1. The quantitative estimate of drug-likeness (QED) is 0.539. The van der Waals surface area contributed by atoms with Crippen LogP contribution < -0.4 is 5.56 Å². The van der Waals surface area contributed by atoms with E-state index in [0.717, 1.165) is 11.6 Å². The van der Waals surface area contributed by atoms with Crippen LogP contribution in [0, 0.1) is 11.6 Å². The van der Waals surface area contributed by atoms with Gasteiger partial charge in [0.25, 0.3) is 5.56 Å². The molecule has 9 heteroatoms. The summed E-state index contributed by atoms with van der Waals surface area (Å²) in [5.41, 5.74) is 2.17. The molecule has 3 heterocycles. The molecule has 0 radical (unpaired) electrons. The van der Waals surface area contributed by atoms with Crippen LogP contribution in [-0.4, -0.2) is 24.7 Å². The van der Waals surface area contributed by atoms with Gasteiger partial charge in [-0.05, 0) is 39.7 Å². The number of nitrogens with one attached hydrogen (secondary N) is 1. The molecule has 0 saturated carbocycles. The highest BCUT2D eigenvalue weighted by Crippen LogP contribution is 2.21. The highest BCUT2D eigenvalue weighted by molar-refractivity contribution is 9.10. The number of aromatic amines is 1. The summed E-state index contributed by atoms with van der Waals surface area (Å²) >= 11 is 3.30. The first-order valence-electron chi connectivity index (χ1n) is 7.93. The van der Waals surface area contributed by atoms with Crippen molar-refractivity contribution in [1.82, 2.24) is 24.7 Å². The average molecular weight is 432 g/mol. The summed E-state index contributed by atoms with van der Waals surface area (Å²) in [4.78, 5) is 23.7. The topological polar surface area (TPSA) is 76.5 Å². The molecule has 6 nitrogen and oxygen atoms in total. The highest BCUT2D eigenvalue weighted by Gasteiger charge is 2.13. The van der Waals surface area contributed by atoms with E-state index in [9.17, 15) is 13.6 Å². The molecule has 3 aromatic heterocycles. The number of hydrogen-bond donors (Lipinski definition) is 1. The Balaban J connectivity index is 1.65. The van der Waals surface area contributed by atoms with Crippen molar-refractivity contribution < 1.29 is 8.78 Å². The number of fused-ring (bicyclic) bond motifs is 1. The zero-order valence-electron chi connectivity index (χ0n) is 14.0. The van der Waals surface area contributed by atoms with Gasteiger partial charge in [0, 0.05) is 31.3 Å². The second-order valence-corrected chi connectivity index (χ2v) is 6.76. The number of hydrogen-bond acceptors (Lipinski definition) is 4. The summed E-state index contributed by atoms with van der Waals surface area (Å²) in [6, 6.07) is 6.69. The third-order valence-corrected chi connectivity index (χ3v) is 4.59. The summed E-state index contributed by atoms with van der Waals surface area (Å²) in [6.07, 6.45) is 1.93. The molecule has 0 aliphatic rings. The van der Waals surface area contributed by atoms with E-state index in [1.807, 2.05) is 0 Å². The Morgan fingerprint density at radius 1 is 1.19 bits per heavy atom. The van der Waals surface area contributed by atoms with Gasteiger partial charge in [-0.25, -0.2) is 13.8 Å². The standard InChI is InChI=1S/C18H12BrF2N5O/c1-26-16-15(17(19)25-26)23-14(24-18(16)27)4-9-2-3-13(22-8-9)10-5-11(20)7-12(21)6-10/h2-3,5-8H,4H2,1H3,(H,23,24,27). The number of pyridine rings is 1. The summed E-state index contributed by atoms with van der Waals surface area (Å²) < 4.78 is 28.7. The maximum Gasteiger partial charge on any atom is 0.277 e. The van der Waals surface area contributed by atoms with E-state index >= 15 is 0 Å². The Morgan fingerprint density at radius 2 is 1.93 bits per heavy atom. The lowest BCUT2D eigenvalue weighted by Crippen LogP contribution is -2.14. The molecule has 27 heavy (non-hydrogen) atoms. The molecule has 0 atom stereocenters. The predicted molar refractivity (Wildman–Crippen MR) is 99.2 cm³/mol. The lowest BCUT2D eigenvalue weighted by atomic mass is 10.1. The lowest BCUT2D eigenvalue weighted by Gasteiger charge is -2.05. The summed E-state index contributed by atoms with van der Waals surface area (Å²) in [5, 5.41) is 4.14. The zero-order valence-corrected chi connectivity index (χ0v) is 15.6. The molecule has 0 fully saturated rings. The van der Waals surface area contributed by atoms with E-state index in [-0.39, 0.29) is 5.56 Å². The monoisotopic (exact) mass is 431 g/mol. The fourth-order valence-electron chi connectivity index (χ4n) is 2.87. The van der Waals surface area contributed by atoms with Gasteiger partial charge in [0.05, 0.1) is 5.69 Å². The minimum atomic E-state index is -0.659. The molecule has 0 unspecified atom stereocenters. The van der Waals surface area contributed by atoms with Gasteiger partial charge in [0.1, 0.15) is 23.0 Å². The van der Waals surface area contributed by atoms with E-state index < -0.39 is 11.6 Å². The van der Waals surface area contributed by atoms with Crippen LogP contribution in [0.15, 0.2) is 45.9 Å². The van der Waals surface area contributed by atoms with Crippen LogP contribution in [0.25, 0.3) is 22.3 Å². The van der Waals surface area contributed by atoms with Crippen LogP contribution in [-0.2, 0) is 13.5 Å². The average Bonchev–Trinajstić information content (AvgIpc) is 2.89. The van der Waals surface area contributed by atoms with Crippen molar-refractivity contribution in [1.29, 1.82) is 0 Å². The van der Waals surface area contributed by atoms with Crippen molar-refractivity contribution in [2.75, 3.05) is 0 Å². The van der Waals surface area contributed by atoms with Gasteiger partial charge in [-0.2, -0.15) is 5.10 Å². The van der Waals surface area contributed by atoms with Crippen LogP contribution in [0.2, 0.25) is 0 Å². The van der Waals surface area contributed by atoms with Gasteiger partial charge < -0.3 is 4.98 Å². The SMILES string of the molecule is Cn1nc(Br)c2nc(Cc3ccc(-c4cc(F)cc(F)c4)nc3)[nH]c(=O)c21. The van der Waals surface area contributed by atoms with E-state index in [2.05, 4.69) is 36.0 Å². The molecular weight excluding hydrogens is 420 g/mol. The number of aromatic nitrogens is 5. The fraction of sp³-hybridized carbons (Fsp3) is 0.111. The summed E-state index contributed by atoms with van der Waals surface area (Å²) in [5.74, 6) is -0.853. The molecule has 136 valence electrons. The zero-order chi connectivity index (χ0) is 19.1. The summed E-state index contributed by atoms with van der Waals surface area (Å²) in [7, 11) is 1.67. The largest absolute Gasteiger partial charge is 0.308 e. The molecule has 4 aromatic rings. The van der Waals surface area contributed by atoms with Gasteiger partial charge in [-0.15, -0.1) is 0 Å². The third kappa shape index (κ3) is 3.37. The minimum absolute atomic E-state index is 0.282. The molecule has 4 rings (SSSR count).